The first-order valence-corrected chi connectivity index (χ1v) is 8.24. The molecule has 0 saturated carbocycles. The molecule has 23 heavy (non-hydrogen) atoms. The summed E-state index contributed by atoms with van der Waals surface area (Å²) in [5, 5.41) is 4.12. The molecular formula is C19H24ClNO2. The highest BCUT2D eigenvalue weighted by atomic mass is 35.5. The summed E-state index contributed by atoms with van der Waals surface area (Å²) >= 11 is 6.12. The Morgan fingerprint density at radius 1 is 1.09 bits per heavy atom. The standard InChI is InChI=1S/C19H24ClNO2/c1-15-6-3-4-7-16(15)14-23-19-9-8-18(20)12-17(19)13-21-10-5-11-22-2/h3-4,6-9,12,21H,5,10-11,13-14H2,1-2H3. The zero-order valence-electron chi connectivity index (χ0n) is 13.8. The lowest BCUT2D eigenvalue weighted by atomic mass is 10.1. The van der Waals surface area contributed by atoms with E-state index in [1.807, 2.05) is 30.3 Å². The number of nitrogens with one attached hydrogen (secondary N) is 1. The fourth-order valence-electron chi connectivity index (χ4n) is 2.32. The Labute approximate surface area is 143 Å². The van der Waals surface area contributed by atoms with E-state index in [2.05, 4.69) is 24.4 Å². The van der Waals surface area contributed by atoms with E-state index < -0.39 is 0 Å². The van der Waals surface area contributed by atoms with Crippen LogP contribution in [0.5, 0.6) is 5.75 Å². The Balaban J connectivity index is 1.96. The van der Waals surface area contributed by atoms with E-state index in [0.717, 1.165) is 42.5 Å². The molecule has 2 aromatic rings. The van der Waals surface area contributed by atoms with Crippen molar-refractivity contribution >= 4 is 11.6 Å². The zero-order valence-corrected chi connectivity index (χ0v) is 14.5. The number of rotatable bonds is 9. The van der Waals surface area contributed by atoms with Gasteiger partial charge < -0.3 is 14.8 Å². The third-order valence-corrected chi connectivity index (χ3v) is 3.92. The van der Waals surface area contributed by atoms with Crippen LogP contribution < -0.4 is 10.1 Å². The molecule has 124 valence electrons. The monoisotopic (exact) mass is 333 g/mol. The van der Waals surface area contributed by atoms with E-state index in [9.17, 15) is 0 Å². The van der Waals surface area contributed by atoms with Crippen LogP contribution in [0.3, 0.4) is 0 Å². The Hall–Kier alpha value is -1.55. The Morgan fingerprint density at radius 2 is 1.91 bits per heavy atom. The topological polar surface area (TPSA) is 30.5 Å². The molecule has 2 rings (SSSR count). The van der Waals surface area contributed by atoms with Crippen LogP contribution >= 0.6 is 11.6 Å². The van der Waals surface area contributed by atoms with Gasteiger partial charge in [-0.3, -0.25) is 0 Å². The second-order valence-corrected chi connectivity index (χ2v) is 5.93. The third kappa shape index (κ3) is 5.87. The van der Waals surface area contributed by atoms with Crippen molar-refractivity contribution in [3.8, 4) is 5.75 Å². The van der Waals surface area contributed by atoms with Crippen molar-refractivity contribution in [1.82, 2.24) is 5.32 Å². The van der Waals surface area contributed by atoms with E-state index in [0.29, 0.717) is 6.61 Å². The average molecular weight is 334 g/mol. The fourth-order valence-corrected chi connectivity index (χ4v) is 2.51. The van der Waals surface area contributed by atoms with Crippen molar-refractivity contribution in [2.75, 3.05) is 20.3 Å². The summed E-state index contributed by atoms with van der Waals surface area (Å²) in [6.45, 7) is 5.05. The number of ether oxygens (including phenoxy) is 2. The summed E-state index contributed by atoms with van der Waals surface area (Å²) in [6, 6.07) is 14.0. The van der Waals surface area contributed by atoms with E-state index in [-0.39, 0.29) is 0 Å². The van der Waals surface area contributed by atoms with Crippen molar-refractivity contribution in [2.45, 2.75) is 26.5 Å². The number of benzene rings is 2. The maximum Gasteiger partial charge on any atom is 0.124 e. The minimum absolute atomic E-state index is 0.560. The molecule has 0 bridgehead atoms. The molecule has 0 spiro atoms. The van der Waals surface area contributed by atoms with E-state index >= 15 is 0 Å². The van der Waals surface area contributed by atoms with Gasteiger partial charge in [-0.05, 0) is 49.2 Å². The minimum atomic E-state index is 0.560. The molecule has 0 heterocycles. The molecule has 0 unspecified atom stereocenters. The Bertz CT molecular complexity index is 616. The van der Waals surface area contributed by atoms with Crippen LogP contribution in [0, 0.1) is 6.92 Å². The van der Waals surface area contributed by atoms with Crippen LogP contribution in [0.25, 0.3) is 0 Å². The Morgan fingerprint density at radius 3 is 2.70 bits per heavy atom. The highest BCUT2D eigenvalue weighted by Crippen LogP contribution is 2.24. The van der Waals surface area contributed by atoms with E-state index in [4.69, 9.17) is 21.1 Å². The van der Waals surface area contributed by atoms with Crippen molar-refractivity contribution in [3.05, 3.63) is 64.2 Å². The van der Waals surface area contributed by atoms with E-state index in [1.54, 1.807) is 7.11 Å². The van der Waals surface area contributed by atoms with Gasteiger partial charge in [0.05, 0.1) is 0 Å². The molecule has 0 aliphatic heterocycles. The van der Waals surface area contributed by atoms with Crippen LogP contribution in [0.15, 0.2) is 42.5 Å². The summed E-state index contributed by atoms with van der Waals surface area (Å²) in [6.07, 6.45) is 0.983. The molecule has 3 nitrogen and oxygen atoms in total. The van der Waals surface area contributed by atoms with Crippen LogP contribution in [0.2, 0.25) is 5.02 Å². The maximum absolute atomic E-state index is 6.12. The molecule has 0 aliphatic rings. The predicted molar refractivity (Wildman–Crippen MR) is 95.2 cm³/mol. The molecule has 0 fully saturated rings. The van der Waals surface area contributed by atoms with Gasteiger partial charge >= 0.3 is 0 Å². The van der Waals surface area contributed by atoms with Crippen molar-refractivity contribution < 1.29 is 9.47 Å². The van der Waals surface area contributed by atoms with Crippen molar-refractivity contribution in [3.63, 3.8) is 0 Å². The molecule has 0 atom stereocenters. The van der Waals surface area contributed by atoms with Gasteiger partial charge in [-0.15, -0.1) is 0 Å². The molecule has 2 aromatic carbocycles. The van der Waals surface area contributed by atoms with Gasteiger partial charge in [0.15, 0.2) is 0 Å². The summed E-state index contributed by atoms with van der Waals surface area (Å²) in [7, 11) is 1.72. The van der Waals surface area contributed by atoms with Gasteiger partial charge in [-0.25, -0.2) is 0 Å². The smallest absolute Gasteiger partial charge is 0.124 e. The van der Waals surface area contributed by atoms with Gasteiger partial charge in [0.1, 0.15) is 12.4 Å². The molecule has 0 radical (unpaired) electrons. The number of methoxy groups -OCH3 is 1. The van der Waals surface area contributed by atoms with Gasteiger partial charge in [0.25, 0.3) is 0 Å². The SMILES string of the molecule is COCCCNCc1cc(Cl)ccc1OCc1ccccc1C. The quantitative estimate of drug-likeness (QED) is 0.692. The van der Waals surface area contributed by atoms with Crippen LogP contribution in [-0.2, 0) is 17.9 Å². The first-order chi connectivity index (χ1) is 11.2. The number of aryl methyl sites for hydroxylation is 1. The van der Waals surface area contributed by atoms with Crippen molar-refractivity contribution in [1.29, 1.82) is 0 Å². The molecule has 0 saturated heterocycles. The van der Waals surface area contributed by atoms with Crippen molar-refractivity contribution in [2.24, 2.45) is 0 Å². The molecule has 0 aromatic heterocycles. The highest BCUT2D eigenvalue weighted by Gasteiger charge is 2.06. The third-order valence-electron chi connectivity index (χ3n) is 3.68. The largest absolute Gasteiger partial charge is 0.489 e. The summed E-state index contributed by atoms with van der Waals surface area (Å²) in [5.41, 5.74) is 3.51. The number of halogens is 1. The van der Waals surface area contributed by atoms with Gasteiger partial charge in [-0.1, -0.05) is 35.9 Å². The molecule has 0 aliphatic carbocycles. The van der Waals surface area contributed by atoms with Crippen LogP contribution in [0.4, 0.5) is 0 Å². The summed E-state index contributed by atoms with van der Waals surface area (Å²) in [4.78, 5) is 0. The van der Waals surface area contributed by atoms with Gasteiger partial charge in [-0.2, -0.15) is 0 Å². The maximum atomic E-state index is 6.12. The molecular weight excluding hydrogens is 310 g/mol. The van der Waals surface area contributed by atoms with Crippen LogP contribution in [-0.4, -0.2) is 20.3 Å². The van der Waals surface area contributed by atoms with E-state index in [1.165, 1.54) is 11.1 Å². The minimum Gasteiger partial charge on any atom is -0.489 e. The Kier molecular flexibility index (Phi) is 7.40. The predicted octanol–water partition coefficient (Wildman–Crippen LogP) is 4.35. The van der Waals surface area contributed by atoms with Gasteiger partial charge in [0.2, 0.25) is 0 Å². The second-order valence-electron chi connectivity index (χ2n) is 5.49. The lowest BCUT2D eigenvalue weighted by molar-refractivity contribution is 0.194. The second kappa shape index (κ2) is 9.56. The first-order valence-electron chi connectivity index (χ1n) is 7.86. The summed E-state index contributed by atoms with van der Waals surface area (Å²) < 4.78 is 11.1. The van der Waals surface area contributed by atoms with Gasteiger partial charge in [0, 0.05) is 30.8 Å². The molecule has 4 heteroatoms. The number of hydrogen-bond donors (Lipinski definition) is 1. The highest BCUT2D eigenvalue weighted by molar-refractivity contribution is 6.30. The lowest BCUT2D eigenvalue weighted by Gasteiger charge is -2.14. The number of hydrogen-bond acceptors (Lipinski definition) is 3. The molecule has 1 N–H and O–H groups in total. The lowest BCUT2D eigenvalue weighted by Crippen LogP contribution is -2.16. The van der Waals surface area contributed by atoms with Crippen LogP contribution in [0.1, 0.15) is 23.1 Å². The first kappa shape index (κ1) is 17.8. The fraction of sp³-hybridized carbons (Fsp3) is 0.368. The average Bonchev–Trinajstić information content (AvgIpc) is 2.55. The zero-order chi connectivity index (χ0) is 16.5. The normalized spacial score (nSPS) is 10.7. The molecule has 0 amide bonds. The summed E-state index contributed by atoms with van der Waals surface area (Å²) in [5.74, 6) is 0.872.